The minimum Gasteiger partial charge on any atom is -0.416 e. The fourth-order valence-corrected chi connectivity index (χ4v) is 2.59. The lowest BCUT2D eigenvalue weighted by Gasteiger charge is -2.09. The quantitative estimate of drug-likeness (QED) is 0.510. The molecule has 0 aliphatic heterocycles. The van der Waals surface area contributed by atoms with Gasteiger partial charge in [-0.2, -0.15) is 5.11 Å². The lowest BCUT2D eigenvalue weighted by atomic mass is 10.1. The number of hydrogen-bond donors (Lipinski definition) is 2. The van der Waals surface area contributed by atoms with Crippen molar-refractivity contribution in [3.63, 3.8) is 0 Å². The zero-order valence-corrected chi connectivity index (χ0v) is 16.0. The summed E-state index contributed by atoms with van der Waals surface area (Å²) >= 11 is 0. The fourth-order valence-electron chi connectivity index (χ4n) is 2.13. The number of nitrogens with one attached hydrogen (secondary N) is 1. The van der Waals surface area contributed by atoms with Gasteiger partial charge < -0.3 is 4.42 Å². The van der Waals surface area contributed by atoms with Crippen LogP contribution in [0.5, 0.6) is 0 Å². The molecule has 0 aliphatic carbocycles. The number of nitrogens with zero attached hydrogens (tertiary/aromatic N) is 4. The molecule has 0 amide bonds. The van der Waals surface area contributed by atoms with Crippen LogP contribution in [0.25, 0.3) is 22.9 Å². The van der Waals surface area contributed by atoms with Gasteiger partial charge in [0.05, 0.1) is 16.1 Å². The van der Waals surface area contributed by atoms with Crippen molar-refractivity contribution in [3.8, 4) is 22.9 Å². The van der Waals surface area contributed by atoms with Gasteiger partial charge in [0.15, 0.2) is 0 Å². The lowest BCUT2D eigenvalue weighted by Crippen LogP contribution is -2.08. The van der Waals surface area contributed by atoms with E-state index in [2.05, 4.69) is 26.0 Å². The molecule has 1 atom stereocenters. The van der Waals surface area contributed by atoms with E-state index in [1.165, 1.54) is 0 Å². The normalized spacial score (nSPS) is 13.0. The predicted molar refractivity (Wildman–Crippen MR) is 104 cm³/mol. The van der Waals surface area contributed by atoms with E-state index in [0.29, 0.717) is 22.2 Å². The summed E-state index contributed by atoms with van der Waals surface area (Å²) in [5.74, 6) is 0.714. The van der Waals surface area contributed by atoms with Gasteiger partial charge in [-0.1, -0.05) is 11.3 Å². The maximum atomic E-state index is 11.4. The van der Waals surface area contributed by atoms with Crippen LogP contribution in [-0.4, -0.2) is 19.9 Å². The molecule has 27 heavy (non-hydrogen) atoms. The summed E-state index contributed by atoms with van der Waals surface area (Å²) in [6, 6.07) is 14.3. The van der Waals surface area contributed by atoms with Crippen molar-refractivity contribution in [1.29, 1.82) is 0 Å². The summed E-state index contributed by atoms with van der Waals surface area (Å²) in [5, 5.41) is 21.6. The van der Waals surface area contributed by atoms with Gasteiger partial charge in [0.1, 0.15) is 11.0 Å². The van der Waals surface area contributed by atoms with Crippen LogP contribution in [0.4, 0.5) is 5.69 Å². The minimum atomic E-state index is -1.57. The molecule has 1 aromatic heterocycles. The molecule has 8 nitrogen and oxygen atoms in total. The molecular weight excluding hydrogens is 364 g/mol. The van der Waals surface area contributed by atoms with Crippen LogP contribution in [-0.2, 0) is 11.0 Å². The molecule has 0 fully saturated rings. The van der Waals surface area contributed by atoms with Gasteiger partial charge in [-0.3, -0.25) is 5.43 Å². The summed E-state index contributed by atoms with van der Waals surface area (Å²) in [6.07, 6.45) is 0. The number of aromatic nitrogens is 2. The molecule has 9 heteroatoms. The zero-order valence-electron chi connectivity index (χ0n) is 15.2. The summed E-state index contributed by atoms with van der Waals surface area (Å²) in [4.78, 5) is 0.493. The van der Waals surface area contributed by atoms with E-state index in [0.717, 1.165) is 11.3 Å². The van der Waals surface area contributed by atoms with E-state index in [-0.39, 0.29) is 5.54 Å². The first-order valence-electron chi connectivity index (χ1n) is 8.20. The van der Waals surface area contributed by atoms with Crippen LogP contribution in [0.1, 0.15) is 20.8 Å². The van der Waals surface area contributed by atoms with Crippen molar-refractivity contribution in [2.75, 3.05) is 5.43 Å². The largest absolute Gasteiger partial charge is 0.416 e. The third-order valence-electron chi connectivity index (χ3n) is 3.40. The van der Waals surface area contributed by atoms with E-state index >= 15 is 0 Å². The summed E-state index contributed by atoms with van der Waals surface area (Å²) in [6.45, 7) is 5.90. The molecular formula is C18H20N6O2S. The monoisotopic (exact) mass is 384 g/mol. The molecule has 3 aromatic rings. The number of anilines is 1. The van der Waals surface area contributed by atoms with Crippen LogP contribution >= 0.6 is 0 Å². The van der Waals surface area contributed by atoms with Crippen molar-refractivity contribution in [1.82, 2.24) is 10.2 Å². The molecule has 0 bridgehead atoms. The Morgan fingerprint density at radius 1 is 1.04 bits per heavy atom. The second-order valence-electron chi connectivity index (χ2n) is 6.80. The third kappa shape index (κ3) is 5.05. The van der Waals surface area contributed by atoms with Gasteiger partial charge in [-0.15, -0.1) is 10.2 Å². The van der Waals surface area contributed by atoms with Crippen LogP contribution in [0.3, 0.4) is 0 Å². The van der Waals surface area contributed by atoms with Gasteiger partial charge in [0.25, 0.3) is 0 Å². The molecule has 3 rings (SSSR count). The number of nitrogens with two attached hydrogens (primary N) is 1. The molecule has 140 valence electrons. The average Bonchev–Trinajstić information content (AvgIpc) is 3.11. The SMILES string of the molecule is CC(C)(C)N=NNc1ccc(-c2nnc(-c3cccc(S(N)=O)c3)o2)cc1. The van der Waals surface area contributed by atoms with Gasteiger partial charge >= 0.3 is 0 Å². The molecule has 2 aromatic carbocycles. The van der Waals surface area contributed by atoms with Crippen molar-refractivity contribution >= 4 is 16.7 Å². The Balaban J connectivity index is 1.76. The summed E-state index contributed by atoms with van der Waals surface area (Å²) < 4.78 is 17.2. The van der Waals surface area contributed by atoms with E-state index in [1.807, 2.05) is 45.0 Å². The van der Waals surface area contributed by atoms with E-state index < -0.39 is 11.0 Å². The zero-order chi connectivity index (χ0) is 19.4. The number of hydrogen-bond acceptors (Lipinski definition) is 6. The first kappa shape index (κ1) is 18.9. The molecule has 0 saturated heterocycles. The molecule has 1 heterocycles. The van der Waals surface area contributed by atoms with Crippen molar-refractivity contribution < 1.29 is 8.63 Å². The topological polar surface area (TPSA) is 119 Å². The molecule has 0 spiro atoms. The van der Waals surface area contributed by atoms with Crippen LogP contribution in [0.15, 0.2) is 68.2 Å². The van der Waals surface area contributed by atoms with Gasteiger partial charge in [0, 0.05) is 11.1 Å². The van der Waals surface area contributed by atoms with E-state index in [1.54, 1.807) is 24.3 Å². The number of rotatable bonds is 5. The first-order chi connectivity index (χ1) is 12.8. The Bertz CT molecular complexity index is 976. The van der Waals surface area contributed by atoms with Gasteiger partial charge in [0.2, 0.25) is 11.8 Å². The maximum Gasteiger partial charge on any atom is 0.248 e. The second-order valence-corrected chi connectivity index (χ2v) is 7.86. The maximum absolute atomic E-state index is 11.4. The Labute approximate surface area is 159 Å². The summed E-state index contributed by atoms with van der Waals surface area (Å²) in [7, 11) is -1.57. The minimum absolute atomic E-state index is 0.235. The van der Waals surface area contributed by atoms with Crippen molar-refractivity contribution in [2.24, 2.45) is 15.5 Å². The van der Waals surface area contributed by atoms with Gasteiger partial charge in [-0.25, -0.2) is 9.35 Å². The highest BCUT2D eigenvalue weighted by Crippen LogP contribution is 2.26. The van der Waals surface area contributed by atoms with E-state index in [9.17, 15) is 4.21 Å². The highest BCUT2D eigenvalue weighted by Gasteiger charge is 2.12. The van der Waals surface area contributed by atoms with Gasteiger partial charge in [-0.05, 0) is 63.2 Å². The average molecular weight is 384 g/mol. The highest BCUT2D eigenvalue weighted by molar-refractivity contribution is 7.82. The predicted octanol–water partition coefficient (Wildman–Crippen LogP) is 3.96. The highest BCUT2D eigenvalue weighted by atomic mass is 32.2. The van der Waals surface area contributed by atoms with Crippen molar-refractivity contribution in [2.45, 2.75) is 31.2 Å². The molecule has 1 unspecified atom stereocenters. The Kier molecular flexibility index (Phi) is 5.43. The smallest absolute Gasteiger partial charge is 0.248 e. The Morgan fingerprint density at radius 3 is 2.33 bits per heavy atom. The molecule has 0 saturated carbocycles. The molecule has 0 aliphatic rings. The number of benzene rings is 2. The Morgan fingerprint density at radius 2 is 1.70 bits per heavy atom. The van der Waals surface area contributed by atoms with Crippen LogP contribution in [0.2, 0.25) is 0 Å². The summed E-state index contributed by atoms with van der Waals surface area (Å²) in [5.41, 5.74) is 4.87. The fraction of sp³-hybridized carbons (Fsp3) is 0.222. The van der Waals surface area contributed by atoms with E-state index in [4.69, 9.17) is 9.56 Å². The lowest BCUT2D eigenvalue weighted by molar-refractivity contribution is 0.546. The van der Waals surface area contributed by atoms with Crippen LogP contribution < -0.4 is 10.6 Å². The first-order valence-corrected chi connectivity index (χ1v) is 9.41. The molecule has 3 N–H and O–H groups in total. The molecule has 0 radical (unpaired) electrons. The van der Waals surface area contributed by atoms with Crippen LogP contribution in [0, 0.1) is 0 Å². The standard InChI is InChI=1S/C18H20N6O2S/c1-18(2,3)23-24-20-14-9-7-12(8-10-14)16-21-22-17(26-16)13-5-4-6-15(11-13)27(19)25/h4-11H,19H2,1-3H3,(H,20,23). The third-order valence-corrected chi connectivity index (χ3v) is 4.12. The Hall–Kier alpha value is -2.91. The van der Waals surface area contributed by atoms with Crippen molar-refractivity contribution in [3.05, 3.63) is 48.5 Å². The second kappa shape index (κ2) is 7.77.